The van der Waals surface area contributed by atoms with Gasteiger partial charge < -0.3 is 35.8 Å². The second kappa shape index (κ2) is 7.45. The summed E-state index contributed by atoms with van der Waals surface area (Å²) in [5.74, 6) is 0.141. The lowest BCUT2D eigenvalue weighted by Crippen LogP contribution is -2.06. The third-order valence-electron chi connectivity index (χ3n) is 1.14. The first kappa shape index (κ1) is 18.7. The van der Waals surface area contributed by atoms with Crippen LogP contribution in [-0.4, -0.2) is 41.1 Å². The van der Waals surface area contributed by atoms with Gasteiger partial charge in [-0.1, -0.05) is 0 Å². The fourth-order valence-electron chi connectivity index (χ4n) is 0.721. The Morgan fingerprint density at radius 1 is 1.00 bits per heavy atom. The van der Waals surface area contributed by atoms with Gasteiger partial charge in [-0.25, -0.2) is 9.13 Å². The molecule has 20 heavy (non-hydrogen) atoms. The zero-order valence-corrected chi connectivity index (χ0v) is 11.8. The molecule has 1 aromatic rings. The van der Waals surface area contributed by atoms with Crippen molar-refractivity contribution >= 4 is 27.5 Å². The molecule has 0 bridgehead atoms. The topological polar surface area (TPSA) is 224 Å². The zero-order valence-electron chi connectivity index (χ0n) is 10.0. The summed E-state index contributed by atoms with van der Waals surface area (Å²) < 4.78 is 27.2. The van der Waals surface area contributed by atoms with Crippen LogP contribution in [-0.2, 0) is 13.4 Å². The van der Waals surface area contributed by atoms with Gasteiger partial charge in [0, 0.05) is 0 Å². The van der Waals surface area contributed by atoms with E-state index in [0.717, 1.165) is 0 Å². The molecule has 0 aromatic carbocycles. The van der Waals surface area contributed by atoms with Gasteiger partial charge in [-0.3, -0.25) is 0 Å². The van der Waals surface area contributed by atoms with E-state index in [4.69, 9.17) is 35.8 Å². The van der Waals surface area contributed by atoms with Gasteiger partial charge in [0.25, 0.3) is 0 Å². The third kappa shape index (κ3) is 10.6. The second-order valence-electron chi connectivity index (χ2n) is 2.83. The lowest BCUT2D eigenvalue weighted by molar-refractivity contribution is 0.225. The highest BCUT2D eigenvalue weighted by Gasteiger charge is 2.27. The Bertz CT molecular complexity index is 488. The molecule has 1 heterocycles. The minimum Gasteiger partial charge on any atom is -0.464 e. The van der Waals surface area contributed by atoms with Gasteiger partial charge in [0.15, 0.2) is 0 Å². The maximum absolute atomic E-state index is 9.63. The molecule has 0 radical (unpaired) electrons. The summed E-state index contributed by atoms with van der Waals surface area (Å²) in [6, 6.07) is 0.164. The smallest absolute Gasteiger partial charge is 0.464 e. The number of rotatable bonds is 4. The zero-order chi connectivity index (χ0) is 16.0. The highest BCUT2D eigenvalue weighted by atomic mass is 31.3. The Balaban J connectivity index is 0.000000370. The molecule has 0 saturated heterocycles. The first-order valence-corrected chi connectivity index (χ1v) is 7.71. The summed E-state index contributed by atoms with van der Waals surface area (Å²) in [6.45, 7) is 2.29. The molecule has 0 aliphatic carbocycles. The average Bonchev–Trinajstić information content (AvgIpc) is 2.10. The monoisotopic (exact) mass is 333 g/mol. The van der Waals surface area contributed by atoms with E-state index in [1.54, 1.807) is 0 Å². The Labute approximate surface area is 112 Å². The number of phosphoric acid groups is 2. The van der Waals surface area contributed by atoms with Crippen molar-refractivity contribution in [2.75, 3.05) is 18.1 Å². The summed E-state index contributed by atoms with van der Waals surface area (Å²) in [4.78, 5) is 41.9. The molecule has 0 unspecified atom stereocenters. The van der Waals surface area contributed by atoms with Gasteiger partial charge >= 0.3 is 21.7 Å². The molecular weight excluding hydrogens is 320 g/mol. The maximum atomic E-state index is 9.63. The number of hydrogen-bond donors (Lipinski definition) is 6. The minimum absolute atomic E-state index is 0.0703. The lowest BCUT2D eigenvalue weighted by Gasteiger charge is -2.03. The predicted molar refractivity (Wildman–Crippen MR) is 65.0 cm³/mol. The van der Waals surface area contributed by atoms with E-state index >= 15 is 0 Å². The van der Waals surface area contributed by atoms with E-state index in [-0.39, 0.29) is 17.9 Å². The highest BCUT2D eigenvalue weighted by molar-refractivity contribution is 7.60. The van der Waals surface area contributed by atoms with Crippen LogP contribution >= 0.6 is 15.6 Å². The maximum Gasteiger partial charge on any atom is 0.478 e. The van der Waals surface area contributed by atoms with E-state index in [9.17, 15) is 9.13 Å². The van der Waals surface area contributed by atoms with E-state index in [1.165, 1.54) is 0 Å². The normalized spacial score (nSPS) is 11.4. The molecule has 8 N–H and O–H groups in total. The fraction of sp³-hybridized carbons (Fsp3) is 0.400. The van der Waals surface area contributed by atoms with Crippen molar-refractivity contribution in [3.05, 3.63) is 0 Å². The van der Waals surface area contributed by atoms with Gasteiger partial charge in [0.05, 0.1) is 6.61 Å². The average molecular weight is 333 g/mol. The summed E-state index contributed by atoms with van der Waals surface area (Å²) in [5, 5.41) is 0. The van der Waals surface area contributed by atoms with Crippen molar-refractivity contribution in [3.63, 3.8) is 0 Å². The first-order valence-electron chi connectivity index (χ1n) is 4.65. The molecule has 0 aliphatic rings. The van der Waals surface area contributed by atoms with Gasteiger partial charge in [-0.05, 0) is 6.92 Å². The van der Waals surface area contributed by atoms with Crippen LogP contribution in [0.3, 0.4) is 0 Å². The largest absolute Gasteiger partial charge is 0.478 e. The Kier molecular flexibility index (Phi) is 6.96. The molecule has 116 valence electrons. The molecular formula is C5H13N5O8P2. The molecule has 0 atom stereocenters. The van der Waals surface area contributed by atoms with E-state index in [0.29, 0.717) is 6.61 Å². The number of aromatic nitrogens is 3. The van der Waals surface area contributed by atoms with Crippen LogP contribution in [0.15, 0.2) is 0 Å². The number of nitrogens with two attached hydrogens (primary N) is 2. The number of ether oxygens (including phenoxy) is 1. The molecule has 0 aliphatic heterocycles. The molecule has 1 aromatic heterocycles. The SMILES string of the molecule is CCOc1nc(N)nc(N)n1.O=P(O)(O)OP(=O)(O)O. The van der Waals surface area contributed by atoms with E-state index < -0.39 is 15.6 Å². The molecule has 0 spiro atoms. The number of nitrogen functional groups attached to an aromatic ring is 2. The third-order valence-corrected chi connectivity index (χ3v) is 2.84. The van der Waals surface area contributed by atoms with E-state index in [2.05, 4.69) is 19.3 Å². The van der Waals surface area contributed by atoms with Crippen LogP contribution in [0.5, 0.6) is 6.01 Å². The fourth-order valence-corrected chi connectivity index (χ4v) is 1.83. The van der Waals surface area contributed by atoms with Crippen molar-refractivity contribution in [2.24, 2.45) is 0 Å². The summed E-state index contributed by atoms with van der Waals surface area (Å²) >= 11 is 0. The van der Waals surface area contributed by atoms with Crippen LogP contribution in [0, 0.1) is 0 Å². The Morgan fingerprint density at radius 2 is 1.40 bits per heavy atom. The Hall–Kier alpha value is -1.33. The first-order chi connectivity index (χ1) is 8.93. The van der Waals surface area contributed by atoms with Crippen LogP contribution in [0.4, 0.5) is 11.9 Å². The van der Waals surface area contributed by atoms with Gasteiger partial charge in [-0.15, -0.1) is 0 Å². The van der Waals surface area contributed by atoms with Crippen LogP contribution in [0.1, 0.15) is 6.92 Å². The van der Waals surface area contributed by atoms with Crippen LogP contribution < -0.4 is 16.2 Å². The number of anilines is 2. The van der Waals surface area contributed by atoms with Crippen molar-refractivity contribution in [3.8, 4) is 6.01 Å². The Morgan fingerprint density at radius 3 is 1.65 bits per heavy atom. The molecule has 0 saturated carbocycles. The summed E-state index contributed by atoms with van der Waals surface area (Å²) in [5.41, 5.74) is 10.5. The predicted octanol–water partition coefficient (Wildman–Crippen LogP) is -1.38. The van der Waals surface area contributed by atoms with E-state index in [1.807, 2.05) is 6.92 Å². The van der Waals surface area contributed by atoms with Crippen molar-refractivity contribution in [1.82, 2.24) is 15.0 Å². The standard InChI is InChI=1S/C5H9N5O.H4O7P2/c1-2-11-5-9-3(6)8-4(7)10-5;1-8(2,3)7-9(4,5)6/h2H2,1H3,(H4,6,7,8,9,10);(H2,1,2,3)(H2,4,5,6). The number of hydrogen-bond acceptors (Lipinski definition) is 9. The number of nitrogens with zero attached hydrogens (tertiary/aromatic N) is 3. The van der Waals surface area contributed by atoms with Gasteiger partial charge in [0.2, 0.25) is 11.9 Å². The molecule has 15 heteroatoms. The van der Waals surface area contributed by atoms with Crippen molar-refractivity contribution in [1.29, 1.82) is 0 Å². The molecule has 13 nitrogen and oxygen atoms in total. The highest BCUT2D eigenvalue weighted by Crippen LogP contribution is 2.53. The lowest BCUT2D eigenvalue weighted by atomic mass is 10.8. The molecule has 1 rings (SSSR count). The van der Waals surface area contributed by atoms with Gasteiger partial charge in [0.1, 0.15) is 0 Å². The van der Waals surface area contributed by atoms with Gasteiger partial charge in [-0.2, -0.15) is 19.3 Å². The second-order valence-corrected chi connectivity index (χ2v) is 5.45. The summed E-state index contributed by atoms with van der Waals surface area (Å²) in [6.07, 6.45) is 0. The summed E-state index contributed by atoms with van der Waals surface area (Å²) in [7, 11) is -10.1. The van der Waals surface area contributed by atoms with Crippen molar-refractivity contribution in [2.45, 2.75) is 6.92 Å². The molecule has 0 amide bonds. The molecule has 0 fully saturated rings. The van der Waals surface area contributed by atoms with Crippen LogP contribution in [0.25, 0.3) is 0 Å². The van der Waals surface area contributed by atoms with Crippen molar-refractivity contribution < 1.29 is 37.8 Å². The minimum atomic E-state index is -5.05. The quantitative estimate of drug-likeness (QED) is 0.350. The van der Waals surface area contributed by atoms with Crippen LogP contribution in [0.2, 0.25) is 0 Å².